The fraction of sp³-hybridized carbons (Fsp3) is 1.00. The van der Waals surface area contributed by atoms with Crippen LogP contribution in [0.4, 0.5) is 0 Å². The van der Waals surface area contributed by atoms with Crippen LogP contribution in [0.2, 0.25) is 0 Å². The molecular weight excluding hydrogens is 208 g/mol. The molecule has 0 aromatic heterocycles. The summed E-state index contributed by atoms with van der Waals surface area (Å²) in [6.07, 6.45) is 9.97. The first-order valence-electron chi connectivity index (χ1n) is 7.72. The van der Waals surface area contributed by atoms with E-state index < -0.39 is 0 Å². The third-order valence-electron chi connectivity index (χ3n) is 4.88. The molecule has 2 aliphatic rings. The van der Waals surface area contributed by atoms with Crippen LogP contribution in [-0.4, -0.2) is 49.1 Å². The van der Waals surface area contributed by atoms with Gasteiger partial charge in [-0.15, -0.1) is 0 Å². The summed E-state index contributed by atoms with van der Waals surface area (Å²) >= 11 is 0. The molecule has 2 atom stereocenters. The van der Waals surface area contributed by atoms with Crippen LogP contribution < -0.4 is 0 Å². The molecule has 2 heteroatoms. The maximum Gasteiger partial charge on any atom is 0.0105 e. The van der Waals surface area contributed by atoms with Gasteiger partial charge in [0.2, 0.25) is 0 Å². The van der Waals surface area contributed by atoms with Crippen molar-refractivity contribution < 1.29 is 0 Å². The van der Waals surface area contributed by atoms with Crippen molar-refractivity contribution in [3.05, 3.63) is 0 Å². The zero-order valence-electron chi connectivity index (χ0n) is 11.8. The van der Waals surface area contributed by atoms with E-state index in [-0.39, 0.29) is 0 Å². The SMILES string of the molecule is CC[C@@H]1CC[C@H](CCN2CCCCC2)N(C)C1. The van der Waals surface area contributed by atoms with Crippen molar-refractivity contribution in [2.45, 2.75) is 57.9 Å². The molecule has 0 amide bonds. The lowest BCUT2D eigenvalue weighted by Crippen LogP contribution is -2.43. The minimum absolute atomic E-state index is 0.861. The van der Waals surface area contributed by atoms with Crippen molar-refractivity contribution >= 4 is 0 Å². The largest absolute Gasteiger partial charge is 0.303 e. The third kappa shape index (κ3) is 3.96. The highest BCUT2D eigenvalue weighted by Crippen LogP contribution is 2.25. The summed E-state index contributed by atoms with van der Waals surface area (Å²) in [5, 5.41) is 0. The number of hydrogen-bond donors (Lipinski definition) is 0. The minimum Gasteiger partial charge on any atom is -0.303 e. The maximum absolute atomic E-state index is 2.68. The molecule has 100 valence electrons. The molecule has 2 nitrogen and oxygen atoms in total. The number of piperidine rings is 2. The van der Waals surface area contributed by atoms with Crippen LogP contribution in [-0.2, 0) is 0 Å². The third-order valence-corrected chi connectivity index (χ3v) is 4.88. The van der Waals surface area contributed by atoms with E-state index in [0.717, 1.165) is 12.0 Å². The molecule has 2 heterocycles. The lowest BCUT2D eigenvalue weighted by molar-refractivity contribution is 0.112. The number of rotatable bonds is 4. The van der Waals surface area contributed by atoms with Gasteiger partial charge in [-0.25, -0.2) is 0 Å². The molecule has 0 spiro atoms. The highest BCUT2D eigenvalue weighted by Gasteiger charge is 2.24. The van der Waals surface area contributed by atoms with Gasteiger partial charge < -0.3 is 9.80 Å². The molecule has 2 fully saturated rings. The summed E-state index contributed by atoms with van der Waals surface area (Å²) in [6.45, 7) is 7.72. The molecule has 0 aliphatic carbocycles. The van der Waals surface area contributed by atoms with E-state index in [9.17, 15) is 0 Å². The fourth-order valence-electron chi connectivity index (χ4n) is 3.51. The monoisotopic (exact) mass is 238 g/mol. The fourth-order valence-corrected chi connectivity index (χ4v) is 3.51. The molecule has 0 aromatic rings. The van der Waals surface area contributed by atoms with Crippen molar-refractivity contribution in [1.29, 1.82) is 0 Å². The number of nitrogens with zero attached hydrogens (tertiary/aromatic N) is 2. The Morgan fingerprint density at radius 1 is 1.06 bits per heavy atom. The molecule has 0 aromatic carbocycles. The van der Waals surface area contributed by atoms with Gasteiger partial charge in [0, 0.05) is 12.6 Å². The second kappa shape index (κ2) is 6.75. The smallest absolute Gasteiger partial charge is 0.0105 e. The Morgan fingerprint density at radius 2 is 1.82 bits per heavy atom. The molecule has 17 heavy (non-hydrogen) atoms. The summed E-state index contributed by atoms with van der Waals surface area (Å²) in [6, 6.07) is 0.861. The van der Waals surface area contributed by atoms with Crippen LogP contribution in [0.15, 0.2) is 0 Å². The van der Waals surface area contributed by atoms with E-state index in [0.29, 0.717) is 0 Å². The van der Waals surface area contributed by atoms with E-state index in [2.05, 4.69) is 23.8 Å². The topological polar surface area (TPSA) is 6.48 Å². The van der Waals surface area contributed by atoms with Gasteiger partial charge in [-0.1, -0.05) is 19.8 Å². The first kappa shape index (κ1) is 13.4. The molecule has 0 unspecified atom stereocenters. The van der Waals surface area contributed by atoms with E-state index >= 15 is 0 Å². The molecule has 0 radical (unpaired) electrons. The second-order valence-electron chi connectivity index (χ2n) is 6.14. The lowest BCUT2D eigenvalue weighted by atomic mass is 9.90. The van der Waals surface area contributed by atoms with Crippen LogP contribution in [0.3, 0.4) is 0 Å². The van der Waals surface area contributed by atoms with Gasteiger partial charge in [-0.2, -0.15) is 0 Å². The summed E-state index contributed by atoms with van der Waals surface area (Å²) in [7, 11) is 2.34. The highest BCUT2D eigenvalue weighted by atomic mass is 15.2. The molecule has 2 aliphatic heterocycles. The van der Waals surface area contributed by atoms with Crippen molar-refractivity contribution in [3.63, 3.8) is 0 Å². The molecule has 0 saturated carbocycles. The first-order chi connectivity index (χ1) is 8.29. The molecule has 0 bridgehead atoms. The Morgan fingerprint density at radius 3 is 2.47 bits per heavy atom. The van der Waals surface area contributed by atoms with Gasteiger partial charge in [0.15, 0.2) is 0 Å². The predicted octanol–water partition coefficient (Wildman–Crippen LogP) is 2.98. The van der Waals surface area contributed by atoms with Crippen molar-refractivity contribution in [2.75, 3.05) is 33.2 Å². The standard InChI is InChI=1S/C15H30N2/c1-3-14-7-8-15(16(2)13-14)9-12-17-10-5-4-6-11-17/h14-15H,3-13H2,1-2H3/t14-,15-/m1/s1. The van der Waals surface area contributed by atoms with Crippen LogP contribution in [0.25, 0.3) is 0 Å². The molecular formula is C15H30N2. The van der Waals surface area contributed by atoms with E-state index in [1.165, 1.54) is 71.1 Å². The van der Waals surface area contributed by atoms with Gasteiger partial charge in [-0.05, 0) is 64.7 Å². The molecule has 2 saturated heterocycles. The highest BCUT2D eigenvalue weighted by molar-refractivity contribution is 4.80. The predicted molar refractivity (Wildman–Crippen MR) is 74.3 cm³/mol. The van der Waals surface area contributed by atoms with Gasteiger partial charge >= 0.3 is 0 Å². The zero-order valence-corrected chi connectivity index (χ0v) is 11.8. The first-order valence-corrected chi connectivity index (χ1v) is 7.72. The number of hydrogen-bond acceptors (Lipinski definition) is 2. The molecule has 0 N–H and O–H groups in total. The van der Waals surface area contributed by atoms with Crippen molar-refractivity contribution in [2.24, 2.45) is 5.92 Å². The van der Waals surface area contributed by atoms with Crippen LogP contribution in [0.5, 0.6) is 0 Å². The van der Waals surface area contributed by atoms with Crippen molar-refractivity contribution in [3.8, 4) is 0 Å². The van der Waals surface area contributed by atoms with Crippen molar-refractivity contribution in [1.82, 2.24) is 9.80 Å². The van der Waals surface area contributed by atoms with Gasteiger partial charge in [0.05, 0.1) is 0 Å². The summed E-state index contributed by atoms with van der Waals surface area (Å²) in [5.74, 6) is 0.964. The average molecular weight is 238 g/mol. The maximum atomic E-state index is 2.68. The van der Waals surface area contributed by atoms with Crippen LogP contribution in [0, 0.1) is 5.92 Å². The lowest BCUT2D eigenvalue weighted by Gasteiger charge is -2.38. The second-order valence-corrected chi connectivity index (χ2v) is 6.14. The molecule has 2 rings (SSSR count). The summed E-state index contributed by atoms with van der Waals surface area (Å²) in [5.41, 5.74) is 0. The van der Waals surface area contributed by atoms with Crippen LogP contribution in [0.1, 0.15) is 51.9 Å². The summed E-state index contributed by atoms with van der Waals surface area (Å²) < 4.78 is 0. The normalized spacial score (nSPS) is 32.8. The minimum atomic E-state index is 0.861. The Bertz CT molecular complexity index is 211. The van der Waals surface area contributed by atoms with Crippen LogP contribution >= 0.6 is 0 Å². The van der Waals surface area contributed by atoms with Gasteiger partial charge in [-0.3, -0.25) is 0 Å². The quantitative estimate of drug-likeness (QED) is 0.743. The average Bonchev–Trinajstić information content (AvgIpc) is 2.38. The Kier molecular flexibility index (Phi) is 5.30. The summed E-state index contributed by atoms with van der Waals surface area (Å²) in [4.78, 5) is 5.31. The van der Waals surface area contributed by atoms with E-state index in [4.69, 9.17) is 0 Å². The van der Waals surface area contributed by atoms with Gasteiger partial charge in [0.25, 0.3) is 0 Å². The zero-order chi connectivity index (χ0) is 12.1. The Labute approximate surface area is 107 Å². The number of likely N-dealkylation sites (tertiary alicyclic amines) is 2. The van der Waals surface area contributed by atoms with E-state index in [1.807, 2.05) is 0 Å². The van der Waals surface area contributed by atoms with Gasteiger partial charge in [0.1, 0.15) is 0 Å². The van der Waals surface area contributed by atoms with E-state index in [1.54, 1.807) is 0 Å². The Hall–Kier alpha value is -0.0800. The Balaban J connectivity index is 1.68.